The zero-order chi connectivity index (χ0) is 12.7. The van der Waals surface area contributed by atoms with Gasteiger partial charge in [0.05, 0.1) is 5.69 Å². The molecule has 0 spiro atoms. The minimum absolute atomic E-state index is 0.130. The van der Waals surface area contributed by atoms with Crippen molar-refractivity contribution in [2.45, 2.75) is 6.54 Å². The van der Waals surface area contributed by atoms with Gasteiger partial charge in [0.15, 0.2) is 0 Å². The second kappa shape index (κ2) is 6.55. The zero-order valence-corrected chi connectivity index (χ0v) is 9.54. The topological polar surface area (TPSA) is 66.3 Å². The highest BCUT2D eigenvalue weighted by Gasteiger charge is 2.13. The van der Waals surface area contributed by atoms with E-state index in [1.807, 2.05) is 4.90 Å². The lowest BCUT2D eigenvalue weighted by atomic mass is 10.2. The minimum atomic E-state index is -1.02. The molecule has 1 rings (SSSR count). The summed E-state index contributed by atoms with van der Waals surface area (Å²) in [5.74, 6) is -1.02. The Kier molecular flexibility index (Phi) is 5.03. The maximum absolute atomic E-state index is 11.0. The number of carbonyl (C=O) groups is 1. The van der Waals surface area contributed by atoms with Gasteiger partial charge >= 0.3 is 5.97 Å². The van der Waals surface area contributed by atoms with E-state index in [0.717, 1.165) is 0 Å². The quantitative estimate of drug-likeness (QED) is 0.720. The summed E-state index contributed by atoms with van der Waals surface area (Å²) in [6.45, 7) is 9.04. The van der Waals surface area contributed by atoms with Gasteiger partial charge in [0.25, 0.3) is 0 Å². The number of hydrogen-bond donors (Lipinski definition) is 1. The molecular formula is C12H15N3O2. The summed E-state index contributed by atoms with van der Waals surface area (Å²) in [4.78, 5) is 20.7. The van der Waals surface area contributed by atoms with Gasteiger partial charge in [-0.1, -0.05) is 12.2 Å². The number of aromatic carboxylic acids is 1. The molecule has 0 aromatic carbocycles. The summed E-state index contributed by atoms with van der Waals surface area (Å²) in [5.41, 5.74) is 0.627. The van der Waals surface area contributed by atoms with E-state index in [4.69, 9.17) is 5.11 Å². The third kappa shape index (κ3) is 3.81. The van der Waals surface area contributed by atoms with E-state index in [1.54, 1.807) is 12.2 Å². The first-order valence-electron chi connectivity index (χ1n) is 5.15. The van der Waals surface area contributed by atoms with Crippen LogP contribution in [-0.4, -0.2) is 39.0 Å². The van der Waals surface area contributed by atoms with Crippen molar-refractivity contribution < 1.29 is 9.90 Å². The van der Waals surface area contributed by atoms with Gasteiger partial charge in [0.1, 0.15) is 11.9 Å². The predicted molar refractivity (Wildman–Crippen MR) is 64.7 cm³/mol. The van der Waals surface area contributed by atoms with Crippen LogP contribution in [0, 0.1) is 0 Å². The normalized spacial score (nSPS) is 10.2. The van der Waals surface area contributed by atoms with Gasteiger partial charge in [-0.2, -0.15) is 0 Å². The summed E-state index contributed by atoms with van der Waals surface area (Å²) in [6.07, 6.45) is 6.17. The van der Waals surface area contributed by atoms with Gasteiger partial charge in [-0.05, 0) is 0 Å². The molecule has 0 unspecified atom stereocenters. The monoisotopic (exact) mass is 233 g/mol. The maximum atomic E-state index is 11.0. The molecule has 5 heteroatoms. The van der Waals surface area contributed by atoms with E-state index in [0.29, 0.717) is 25.3 Å². The molecule has 0 saturated carbocycles. The van der Waals surface area contributed by atoms with Crippen molar-refractivity contribution in [2.75, 3.05) is 13.1 Å². The Balaban J connectivity index is 2.87. The molecule has 90 valence electrons. The van der Waals surface area contributed by atoms with Gasteiger partial charge < -0.3 is 5.11 Å². The zero-order valence-electron chi connectivity index (χ0n) is 9.54. The molecular weight excluding hydrogens is 218 g/mol. The van der Waals surface area contributed by atoms with Crippen molar-refractivity contribution in [3.63, 3.8) is 0 Å². The molecule has 0 radical (unpaired) electrons. The number of nitrogens with zero attached hydrogens (tertiary/aromatic N) is 3. The number of carboxylic acids is 1. The third-order valence-corrected chi connectivity index (χ3v) is 2.17. The van der Waals surface area contributed by atoms with Gasteiger partial charge in [-0.3, -0.25) is 4.90 Å². The largest absolute Gasteiger partial charge is 0.478 e. The number of aromatic nitrogens is 2. The average Bonchev–Trinajstić information content (AvgIpc) is 2.30. The molecule has 0 atom stereocenters. The van der Waals surface area contributed by atoms with Crippen molar-refractivity contribution in [1.29, 1.82) is 0 Å². The number of rotatable bonds is 7. The molecule has 0 bridgehead atoms. The molecule has 0 aliphatic carbocycles. The van der Waals surface area contributed by atoms with Crippen LogP contribution in [0.2, 0.25) is 0 Å². The Morgan fingerprint density at radius 2 is 2.06 bits per heavy atom. The van der Waals surface area contributed by atoms with Gasteiger partial charge in [-0.15, -0.1) is 13.2 Å². The van der Waals surface area contributed by atoms with Gasteiger partial charge in [0, 0.05) is 25.8 Å². The molecule has 0 aliphatic heterocycles. The molecule has 0 fully saturated rings. The molecule has 0 amide bonds. The first-order chi connectivity index (χ1) is 8.19. The van der Waals surface area contributed by atoms with Crippen molar-refractivity contribution in [3.8, 4) is 0 Å². The summed E-state index contributed by atoms with van der Waals surface area (Å²) < 4.78 is 0. The van der Waals surface area contributed by atoms with Crippen LogP contribution < -0.4 is 0 Å². The Bertz CT molecular complexity index is 408. The lowest BCUT2D eigenvalue weighted by Crippen LogP contribution is -2.25. The Labute approximate surface area is 100 Å². The molecule has 1 heterocycles. The van der Waals surface area contributed by atoms with Gasteiger partial charge in [0.2, 0.25) is 0 Å². The highest BCUT2D eigenvalue weighted by Crippen LogP contribution is 2.07. The second-order valence-electron chi connectivity index (χ2n) is 3.46. The molecule has 5 nitrogen and oxygen atoms in total. The van der Waals surface area contributed by atoms with E-state index in [1.165, 1.54) is 12.5 Å². The summed E-state index contributed by atoms with van der Waals surface area (Å²) in [6, 6.07) is 0. The van der Waals surface area contributed by atoms with E-state index >= 15 is 0 Å². The Morgan fingerprint density at radius 3 is 2.59 bits per heavy atom. The molecule has 17 heavy (non-hydrogen) atoms. The fourth-order valence-corrected chi connectivity index (χ4v) is 1.44. The van der Waals surface area contributed by atoms with Crippen LogP contribution in [-0.2, 0) is 6.54 Å². The molecule has 0 aliphatic rings. The predicted octanol–water partition coefficient (Wildman–Crippen LogP) is 1.35. The number of hydrogen-bond acceptors (Lipinski definition) is 4. The summed E-state index contributed by atoms with van der Waals surface area (Å²) in [5, 5.41) is 9.00. The summed E-state index contributed by atoms with van der Waals surface area (Å²) in [7, 11) is 0. The Hall–Kier alpha value is -2.01. The van der Waals surface area contributed by atoms with Crippen molar-refractivity contribution in [2.24, 2.45) is 0 Å². The van der Waals surface area contributed by atoms with Crippen molar-refractivity contribution in [3.05, 3.63) is 49.1 Å². The van der Waals surface area contributed by atoms with E-state index in [-0.39, 0.29) is 5.56 Å². The average molecular weight is 233 g/mol. The summed E-state index contributed by atoms with van der Waals surface area (Å²) >= 11 is 0. The second-order valence-corrected chi connectivity index (χ2v) is 3.46. The van der Waals surface area contributed by atoms with Crippen LogP contribution in [0.5, 0.6) is 0 Å². The lowest BCUT2D eigenvalue weighted by molar-refractivity contribution is 0.0693. The lowest BCUT2D eigenvalue weighted by Gasteiger charge is -2.18. The fourth-order valence-electron chi connectivity index (χ4n) is 1.44. The molecule has 0 saturated heterocycles. The van der Waals surface area contributed by atoms with E-state index in [9.17, 15) is 4.79 Å². The minimum Gasteiger partial charge on any atom is -0.478 e. The van der Waals surface area contributed by atoms with E-state index < -0.39 is 5.97 Å². The van der Waals surface area contributed by atoms with Crippen LogP contribution in [0.15, 0.2) is 37.8 Å². The van der Waals surface area contributed by atoms with Crippen LogP contribution >= 0.6 is 0 Å². The smallest absolute Gasteiger partial charge is 0.339 e. The third-order valence-electron chi connectivity index (χ3n) is 2.17. The standard InChI is InChI=1S/C12H15N3O2/c1-3-5-15(6-4-2)8-11-10(12(16)17)7-13-9-14-11/h3-4,7,9H,1-2,5-6,8H2,(H,16,17). The number of carboxylic acid groups (broad SMARTS) is 1. The van der Waals surface area contributed by atoms with Crippen LogP contribution in [0.3, 0.4) is 0 Å². The molecule has 1 aromatic rings. The van der Waals surface area contributed by atoms with Crippen LogP contribution in [0.25, 0.3) is 0 Å². The van der Waals surface area contributed by atoms with Crippen LogP contribution in [0.4, 0.5) is 0 Å². The molecule has 1 N–H and O–H groups in total. The van der Waals surface area contributed by atoms with Crippen molar-refractivity contribution in [1.82, 2.24) is 14.9 Å². The highest BCUT2D eigenvalue weighted by atomic mass is 16.4. The van der Waals surface area contributed by atoms with Gasteiger partial charge in [-0.25, -0.2) is 14.8 Å². The van der Waals surface area contributed by atoms with Crippen molar-refractivity contribution >= 4 is 5.97 Å². The highest BCUT2D eigenvalue weighted by molar-refractivity contribution is 5.88. The fraction of sp³-hybridized carbons (Fsp3) is 0.250. The SMILES string of the molecule is C=CCN(CC=C)Cc1ncncc1C(=O)O. The first-order valence-corrected chi connectivity index (χ1v) is 5.15. The maximum Gasteiger partial charge on any atom is 0.339 e. The molecule has 1 aromatic heterocycles. The Morgan fingerprint density at radius 1 is 1.41 bits per heavy atom. The first kappa shape index (κ1) is 13.1. The van der Waals surface area contributed by atoms with Crippen LogP contribution in [0.1, 0.15) is 16.1 Å². The van der Waals surface area contributed by atoms with E-state index in [2.05, 4.69) is 23.1 Å².